The van der Waals surface area contributed by atoms with Gasteiger partial charge in [0.25, 0.3) is 0 Å². The largest absolute Gasteiger partial charge is 0.378 e. The lowest BCUT2D eigenvalue weighted by Crippen LogP contribution is -2.45. The predicted molar refractivity (Wildman–Crippen MR) is 101 cm³/mol. The van der Waals surface area contributed by atoms with Crippen LogP contribution in [-0.2, 0) is 9.53 Å². The van der Waals surface area contributed by atoms with E-state index in [9.17, 15) is 4.79 Å². The van der Waals surface area contributed by atoms with Crippen molar-refractivity contribution in [1.29, 1.82) is 0 Å². The first-order valence-corrected chi connectivity index (χ1v) is 10.0. The average Bonchev–Trinajstić information content (AvgIpc) is 3.33. The number of carbonyl (C=O) groups excluding carboxylic acids is 1. The molecule has 0 unspecified atom stereocenters. The zero-order chi connectivity index (χ0) is 17.9. The Morgan fingerprint density at radius 1 is 1.19 bits per heavy atom. The minimum Gasteiger partial charge on any atom is -0.378 e. The summed E-state index contributed by atoms with van der Waals surface area (Å²) in [5.74, 6) is 0.710. The zero-order valence-corrected chi connectivity index (χ0v) is 16.0. The number of carbonyl (C=O) groups is 1. The minimum atomic E-state index is 0.181. The van der Waals surface area contributed by atoms with Crippen LogP contribution in [-0.4, -0.2) is 71.2 Å². The Morgan fingerprint density at radius 2 is 1.92 bits per heavy atom. The van der Waals surface area contributed by atoms with Gasteiger partial charge in [-0.15, -0.1) is 5.10 Å². The van der Waals surface area contributed by atoms with Gasteiger partial charge in [-0.05, 0) is 29.2 Å². The first-order chi connectivity index (χ1) is 12.7. The second kappa shape index (κ2) is 8.00. The number of amides is 1. The third-order valence-corrected chi connectivity index (χ3v) is 5.95. The van der Waals surface area contributed by atoms with Gasteiger partial charge in [-0.25, -0.2) is 0 Å². The van der Waals surface area contributed by atoms with Gasteiger partial charge in [0, 0.05) is 48.4 Å². The Labute approximate surface area is 161 Å². The van der Waals surface area contributed by atoms with Crippen molar-refractivity contribution in [3.63, 3.8) is 0 Å². The van der Waals surface area contributed by atoms with E-state index < -0.39 is 0 Å². The molecule has 2 saturated heterocycles. The number of hydrogen-bond donors (Lipinski definition) is 0. The van der Waals surface area contributed by atoms with Crippen molar-refractivity contribution in [3.05, 3.63) is 45.9 Å². The quantitative estimate of drug-likeness (QED) is 0.798. The number of ether oxygens (including phenoxy) is 1. The summed E-state index contributed by atoms with van der Waals surface area (Å²) in [6.45, 7) is 4.73. The molecule has 1 aromatic heterocycles. The van der Waals surface area contributed by atoms with Crippen molar-refractivity contribution in [2.24, 2.45) is 0 Å². The van der Waals surface area contributed by atoms with Crippen LogP contribution < -0.4 is 0 Å². The Hall–Kier alpha value is -1.54. The summed E-state index contributed by atoms with van der Waals surface area (Å²) in [5, 5.41) is 7.05. The summed E-state index contributed by atoms with van der Waals surface area (Å²) in [6.07, 6.45) is 0. The number of hydrogen-bond acceptors (Lipinski definition) is 6. The van der Waals surface area contributed by atoms with Crippen LogP contribution in [0.1, 0.15) is 23.1 Å². The summed E-state index contributed by atoms with van der Waals surface area (Å²) in [5.41, 5.74) is 2.24. The lowest BCUT2D eigenvalue weighted by molar-refractivity contribution is -0.136. The number of benzene rings is 1. The van der Waals surface area contributed by atoms with Crippen LogP contribution in [0, 0.1) is 0 Å². The van der Waals surface area contributed by atoms with Gasteiger partial charge in [0.15, 0.2) is 0 Å². The number of rotatable bonds is 4. The molecule has 0 radical (unpaired) electrons. The van der Waals surface area contributed by atoms with E-state index in [0.29, 0.717) is 32.8 Å². The van der Waals surface area contributed by atoms with E-state index >= 15 is 0 Å². The summed E-state index contributed by atoms with van der Waals surface area (Å²) in [6, 6.07) is 8.00. The summed E-state index contributed by atoms with van der Waals surface area (Å²) in [7, 11) is 0. The monoisotopic (exact) mass is 392 g/mol. The number of nitrogens with zero attached hydrogens (tertiary/aromatic N) is 4. The molecule has 0 aliphatic carbocycles. The molecule has 26 heavy (non-hydrogen) atoms. The molecule has 4 rings (SSSR count). The topological polar surface area (TPSA) is 58.6 Å². The van der Waals surface area contributed by atoms with Crippen molar-refractivity contribution in [2.75, 3.05) is 45.9 Å². The molecule has 2 aliphatic rings. The maximum atomic E-state index is 12.6. The molecular weight excluding hydrogens is 372 g/mol. The van der Waals surface area contributed by atoms with E-state index in [1.165, 1.54) is 17.1 Å². The van der Waals surface area contributed by atoms with Gasteiger partial charge in [0.2, 0.25) is 5.91 Å². The van der Waals surface area contributed by atoms with Gasteiger partial charge in [-0.2, -0.15) is 0 Å². The predicted octanol–water partition coefficient (Wildman–Crippen LogP) is 2.23. The van der Waals surface area contributed by atoms with Crippen molar-refractivity contribution in [3.8, 4) is 0 Å². The molecule has 0 spiro atoms. The van der Waals surface area contributed by atoms with Crippen LogP contribution in [0.2, 0.25) is 5.02 Å². The van der Waals surface area contributed by atoms with Crippen LogP contribution >= 0.6 is 23.1 Å². The Morgan fingerprint density at radius 3 is 2.62 bits per heavy atom. The Balaban J connectivity index is 1.49. The lowest BCUT2D eigenvalue weighted by Gasteiger charge is -2.28. The van der Waals surface area contributed by atoms with E-state index in [0.717, 1.165) is 23.8 Å². The fourth-order valence-corrected chi connectivity index (χ4v) is 4.44. The van der Waals surface area contributed by atoms with Crippen molar-refractivity contribution >= 4 is 29.0 Å². The maximum Gasteiger partial charge on any atom is 0.236 e. The standard InChI is InChI=1S/C18H21ClN4O2S/c19-14-3-1-13(2-4-14)15-9-22(10-16(15)17-12-26-21-20-17)11-18(24)23-5-7-25-8-6-23/h1-4,12,15-16H,5-11H2/t15-,16+/m1/s1. The van der Waals surface area contributed by atoms with Gasteiger partial charge in [0.05, 0.1) is 25.5 Å². The number of likely N-dealkylation sites (tertiary alicyclic amines) is 1. The smallest absolute Gasteiger partial charge is 0.236 e. The second-order valence-electron chi connectivity index (χ2n) is 6.78. The molecule has 1 aromatic carbocycles. The van der Waals surface area contributed by atoms with E-state index in [1.54, 1.807) is 0 Å². The number of aromatic nitrogens is 2. The van der Waals surface area contributed by atoms with Crippen molar-refractivity contribution in [2.45, 2.75) is 11.8 Å². The summed E-state index contributed by atoms with van der Waals surface area (Å²) < 4.78 is 9.37. The lowest BCUT2D eigenvalue weighted by atomic mass is 9.87. The van der Waals surface area contributed by atoms with Crippen LogP contribution in [0.25, 0.3) is 0 Å². The highest BCUT2D eigenvalue weighted by Gasteiger charge is 2.37. The molecular formula is C18H21ClN4O2S. The highest BCUT2D eigenvalue weighted by Crippen LogP contribution is 2.39. The fourth-order valence-electron chi connectivity index (χ4n) is 3.80. The zero-order valence-electron chi connectivity index (χ0n) is 14.4. The average molecular weight is 393 g/mol. The summed E-state index contributed by atoms with van der Waals surface area (Å²) >= 11 is 7.42. The maximum absolute atomic E-state index is 12.6. The minimum absolute atomic E-state index is 0.181. The van der Waals surface area contributed by atoms with Crippen molar-refractivity contribution < 1.29 is 9.53 Å². The van der Waals surface area contributed by atoms with Crippen LogP contribution in [0.15, 0.2) is 29.6 Å². The molecule has 8 heteroatoms. The number of morpholine rings is 1. The van der Waals surface area contributed by atoms with Crippen LogP contribution in [0.5, 0.6) is 0 Å². The van der Waals surface area contributed by atoms with Crippen molar-refractivity contribution in [1.82, 2.24) is 19.4 Å². The first kappa shape index (κ1) is 17.9. The highest BCUT2D eigenvalue weighted by atomic mass is 35.5. The Kier molecular flexibility index (Phi) is 5.49. The fraction of sp³-hybridized carbons (Fsp3) is 0.500. The van der Waals surface area contributed by atoms with Gasteiger partial charge in [0.1, 0.15) is 0 Å². The summed E-state index contributed by atoms with van der Waals surface area (Å²) in [4.78, 5) is 16.8. The van der Waals surface area contributed by atoms with Crippen LogP contribution in [0.4, 0.5) is 0 Å². The van der Waals surface area contributed by atoms with Gasteiger partial charge in [-0.1, -0.05) is 28.2 Å². The SMILES string of the molecule is O=C(CN1C[C@H](c2ccc(Cl)cc2)[C@@H](c2csnn2)C1)N1CCOCC1. The third-order valence-electron chi connectivity index (χ3n) is 5.17. The first-order valence-electron chi connectivity index (χ1n) is 8.81. The van der Waals surface area contributed by atoms with Gasteiger partial charge >= 0.3 is 0 Å². The van der Waals surface area contributed by atoms with E-state index in [1.807, 2.05) is 22.4 Å². The van der Waals surface area contributed by atoms with Gasteiger partial charge < -0.3 is 9.64 Å². The molecule has 0 saturated carbocycles. The Bertz CT molecular complexity index is 734. The molecule has 2 aromatic rings. The molecule has 0 bridgehead atoms. The van der Waals surface area contributed by atoms with E-state index in [-0.39, 0.29) is 17.7 Å². The second-order valence-corrected chi connectivity index (χ2v) is 7.83. The molecule has 3 heterocycles. The molecule has 138 valence electrons. The number of halogens is 1. The molecule has 2 fully saturated rings. The van der Waals surface area contributed by atoms with E-state index in [4.69, 9.17) is 16.3 Å². The molecule has 0 N–H and O–H groups in total. The van der Waals surface area contributed by atoms with Gasteiger partial charge in [-0.3, -0.25) is 9.69 Å². The molecule has 1 amide bonds. The molecule has 2 atom stereocenters. The highest BCUT2D eigenvalue weighted by molar-refractivity contribution is 7.03. The molecule has 2 aliphatic heterocycles. The van der Waals surface area contributed by atoms with E-state index in [2.05, 4.69) is 26.6 Å². The molecule has 6 nitrogen and oxygen atoms in total. The third kappa shape index (κ3) is 3.91. The normalized spacial score (nSPS) is 24.1. The van der Waals surface area contributed by atoms with Crippen LogP contribution in [0.3, 0.4) is 0 Å².